The summed E-state index contributed by atoms with van der Waals surface area (Å²) >= 11 is 0. The fraction of sp³-hybridized carbons (Fsp3) is 0.556. The Morgan fingerprint density at radius 2 is 1.80 bits per heavy atom. The number of imidazole rings is 1. The summed E-state index contributed by atoms with van der Waals surface area (Å²) < 4.78 is 2.40. The molecule has 2 heterocycles. The Morgan fingerprint density at radius 1 is 1.05 bits per heavy atom. The van der Waals surface area contributed by atoms with Gasteiger partial charge in [0.1, 0.15) is 0 Å². The molecule has 2 atom stereocenters. The Balaban J connectivity index is 1.51. The van der Waals surface area contributed by atoms with Gasteiger partial charge in [0.15, 0.2) is 0 Å². The zero-order valence-electron chi connectivity index (χ0n) is 25.7. The number of anilines is 1. The molecule has 1 aliphatic carbocycles. The molecule has 2 aliphatic rings. The van der Waals surface area contributed by atoms with Gasteiger partial charge in [-0.2, -0.15) is 0 Å². The first-order valence-corrected chi connectivity index (χ1v) is 16.3. The van der Waals surface area contributed by atoms with E-state index in [1.54, 1.807) is 0 Å². The van der Waals surface area contributed by atoms with E-state index in [0.717, 1.165) is 41.1 Å². The molecule has 41 heavy (non-hydrogen) atoms. The number of unbranched alkanes of at least 4 members (excludes halogenated alkanes) is 3. The molecule has 5 heteroatoms. The molecular formula is C36H50N4O. The highest BCUT2D eigenvalue weighted by molar-refractivity contribution is 6.03. The van der Waals surface area contributed by atoms with Gasteiger partial charge in [0.25, 0.3) is 5.91 Å². The van der Waals surface area contributed by atoms with Crippen molar-refractivity contribution in [1.29, 1.82) is 0 Å². The summed E-state index contributed by atoms with van der Waals surface area (Å²) in [5.41, 5.74) is 14.5. The normalized spacial score (nSPS) is 18.0. The van der Waals surface area contributed by atoms with E-state index < -0.39 is 0 Å². The molecular weight excluding hydrogens is 504 g/mol. The van der Waals surface area contributed by atoms with Crippen molar-refractivity contribution in [2.75, 3.05) is 5.32 Å². The van der Waals surface area contributed by atoms with Crippen molar-refractivity contribution in [1.82, 2.24) is 9.55 Å². The molecule has 5 nitrogen and oxygen atoms in total. The number of nitrogens with two attached hydrogens (primary N) is 1. The number of hydrogen-bond donors (Lipinski definition) is 2. The lowest BCUT2D eigenvalue weighted by atomic mass is 9.79. The maximum absolute atomic E-state index is 13.0. The Bertz CT molecular complexity index is 1380. The summed E-state index contributed by atoms with van der Waals surface area (Å²) in [6.07, 6.45) is 21.0. The first-order chi connectivity index (χ1) is 19.9. The molecule has 1 saturated carbocycles. The fourth-order valence-corrected chi connectivity index (χ4v) is 7.19. The number of carbonyl (C=O) groups is 1. The summed E-state index contributed by atoms with van der Waals surface area (Å²) in [4.78, 5) is 17.9. The van der Waals surface area contributed by atoms with E-state index in [2.05, 4.69) is 67.9 Å². The lowest BCUT2D eigenvalue weighted by Crippen LogP contribution is -2.21. The number of benzene rings is 2. The molecule has 0 saturated heterocycles. The first kappa shape index (κ1) is 29.4. The Morgan fingerprint density at radius 3 is 2.51 bits per heavy atom. The van der Waals surface area contributed by atoms with Crippen molar-refractivity contribution in [3.63, 3.8) is 0 Å². The van der Waals surface area contributed by atoms with Crippen LogP contribution in [0.4, 0.5) is 5.69 Å². The smallest absolute Gasteiger partial charge is 0.251 e. The average molecular weight is 555 g/mol. The largest absolute Gasteiger partial charge is 0.366 e. The van der Waals surface area contributed by atoms with Crippen LogP contribution in [0.2, 0.25) is 0 Å². The number of aromatic nitrogens is 2. The van der Waals surface area contributed by atoms with Crippen molar-refractivity contribution in [3.05, 3.63) is 59.6 Å². The number of rotatable bonds is 12. The molecule has 3 aromatic rings. The van der Waals surface area contributed by atoms with Gasteiger partial charge in [-0.05, 0) is 84.2 Å². The van der Waals surface area contributed by atoms with Gasteiger partial charge in [0.05, 0.1) is 28.6 Å². The van der Waals surface area contributed by atoms with E-state index in [0.29, 0.717) is 11.6 Å². The molecule has 2 unspecified atom stereocenters. The second-order valence-electron chi connectivity index (χ2n) is 13.0. The third-order valence-electron chi connectivity index (χ3n) is 9.56. The number of nitrogens with one attached hydrogen (secondary N) is 1. The summed E-state index contributed by atoms with van der Waals surface area (Å²) in [5, 5.41) is 3.46. The minimum absolute atomic E-state index is 0.222. The van der Waals surface area contributed by atoms with Crippen LogP contribution in [-0.4, -0.2) is 15.5 Å². The molecule has 0 spiro atoms. The van der Waals surface area contributed by atoms with Crippen molar-refractivity contribution < 1.29 is 4.79 Å². The van der Waals surface area contributed by atoms with Gasteiger partial charge < -0.3 is 15.6 Å². The van der Waals surface area contributed by atoms with E-state index in [-0.39, 0.29) is 17.7 Å². The van der Waals surface area contributed by atoms with Crippen LogP contribution in [0.5, 0.6) is 0 Å². The molecule has 220 valence electrons. The highest BCUT2D eigenvalue weighted by atomic mass is 16.1. The number of hydrogen-bond acceptors (Lipinski definition) is 3. The van der Waals surface area contributed by atoms with Crippen LogP contribution in [0, 0.1) is 5.92 Å². The minimum atomic E-state index is -0.342. The Hall–Kier alpha value is -3.08. The lowest BCUT2D eigenvalue weighted by Gasteiger charge is -2.29. The van der Waals surface area contributed by atoms with E-state index in [1.165, 1.54) is 80.9 Å². The van der Waals surface area contributed by atoms with Crippen LogP contribution in [0.25, 0.3) is 22.2 Å². The lowest BCUT2D eigenvalue weighted by molar-refractivity contribution is 0.0999. The Kier molecular flexibility index (Phi) is 9.52. The highest BCUT2D eigenvalue weighted by Gasteiger charge is 2.29. The molecule has 0 radical (unpaired) electrons. The van der Waals surface area contributed by atoms with Gasteiger partial charge in [-0.3, -0.25) is 4.79 Å². The quantitative estimate of drug-likeness (QED) is 0.219. The predicted molar refractivity (Wildman–Crippen MR) is 173 cm³/mol. The zero-order valence-corrected chi connectivity index (χ0v) is 25.7. The van der Waals surface area contributed by atoms with E-state index in [4.69, 9.17) is 10.7 Å². The van der Waals surface area contributed by atoms with Gasteiger partial charge in [-0.25, -0.2) is 4.98 Å². The number of fused-ring (bicyclic) bond motifs is 2. The van der Waals surface area contributed by atoms with Crippen molar-refractivity contribution in [2.45, 2.75) is 123 Å². The molecule has 3 N–H and O–H groups in total. The van der Waals surface area contributed by atoms with Crippen molar-refractivity contribution in [2.24, 2.45) is 11.7 Å². The van der Waals surface area contributed by atoms with Crippen LogP contribution >= 0.6 is 0 Å². The molecule has 1 aromatic heterocycles. The standard InChI is InChI=1S/C36H50N4O/c1-5-26-19-20-38-35-33(26)30(22-29(34(35)36(37)41)25(4)14-10-7-6-9-13-24(2)3)27-17-18-32-31(21-27)39-23-40(32)28-15-11-8-12-16-28/h17-26,28,38H,5-16H2,1-4H3,(H2,37,41). The van der Waals surface area contributed by atoms with Crippen molar-refractivity contribution in [3.8, 4) is 11.1 Å². The van der Waals surface area contributed by atoms with E-state index in [9.17, 15) is 4.79 Å². The summed E-state index contributed by atoms with van der Waals surface area (Å²) in [6, 6.07) is 9.61. The maximum atomic E-state index is 13.0. The number of nitrogens with zero attached hydrogens (tertiary/aromatic N) is 2. The second kappa shape index (κ2) is 13.3. The maximum Gasteiger partial charge on any atom is 0.251 e. The molecule has 0 bridgehead atoms. The SMILES string of the molecule is CCC1C=CNc2c(C(N)=O)c(C(C)CCCCCCC(C)C)cc(-c3ccc4c(c3)ncn4C3CCCCC3)c21. The molecule has 1 aliphatic heterocycles. The van der Waals surface area contributed by atoms with Crippen molar-refractivity contribution >= 4 is 22.6 Å². The summed E-state index contributed by atoms with van der Waals surface area (Å²) in [6.45, 7) is 9.07. The molecule has 5 rings (SSSR count). The van der Waals surface area contributed by atoms with Gasteiger partial charge in [0.2, 0.25) is 0 Å². The summed E-state index contributed by atoms with van der Waals surface area (Å²) in [7, 11) is 0. The minimum Gasteiger partial charge on any atom is -0.366 e. The predicted octanol–water partition coefficient (Wildman–Crippen LogP) is 9.84. The third kappa shape index (κ3) is 6.39. The third-order valence-corrected chi connectivity index (χ3v) is 9.56. The fourth-order valence-electron chi connectivity index (χ4n) is 7.19. The first-order valence-electron chi connectivity index (χ1n) is 16.3. The molecule has 1 fully saturated rings. The number of primary amides is 1. The molecule has 2 aromatic carbocycles. The second-order valence-corrected chi connectivity index (χ2v) is 13.0. The van der Waals surface area contributed by atoms with Crippen LogP contribution in [0.1, 0.15) is 144 Å². The van der Waals surface area contributed by atoms with Crippen LogP contribution in [0.15, 0.2) is 42.9 Å². The van der Waals surface area contributed by atoms with Crippen LogP contribution in [-0.2, 0) is 0 Å². The monoisotopic (exact) mass is 554 g/mol. The molecule has 1 amide bonds. The van der Waals surface area contributed by atoms with Gasteiger partial charge in [-0.1, -0.05) is 91.2 Å². The number of amides is 1. The van der Waals surface area contributed by atoms with E-state index >= 15 is 0 Å². The summed E-state index contributed by atoms with van der Waals surface area (Å²) in [5.74, 6) is 0.898. The van der Waals surface area contributed by atoms with Gasteiger partial charge in [-0.15, -0.1) is 0 Å². The number of carbonyl (C=O) groups excluding carboxylic acids is 1. The van der Waals surface area contributed by atoms with Gasteiger partial charge in [0, 0.05) is 12.0 Å². The van der Waals surface area contributed by atoms with Crippen LogP contribution < -0.4 is 11.1 Å². The zero-order chi connectivity index (χ0) is 28.9. The average Bonchev–Trinajstić information content (AvgIpc) is 3.41. The Labute approximate surface area is 247 Å². The van der Waals surface area contributed by atoms with E-state index in [1.807, 2.05) is 12.5 Å². The van der Waals surface area contributed by atoms with Gasteiger partial charge >= 0.3 is 0 Å². The topological polar surface area (TPSA) is 72.9 Å². The van der Waals surface area contributed by atoms with Crippen LogP contribution in [0.3, 0.4) is 0 Å². The highest BCUT2D eigenvalue weighted by Crippen LogP contribution is 2.45. The number of allylic oxidation sites excluding steroid dienone is 1.